The lowest BCUT2D eigenvalue weighted by molar-refractivity contribution is -0.120. The number of nitrogen functional groups attached to an aromatic ring is 1. The van der Waals surface area contributed by atoms with Crippen molar-refractivity contribution in [3.05, 3.63) is 23.8 Å². The molecular weight excluding hydrogens is 242 g/mol. The predicted octanol–water partition coefficient (Wildman–Crippen LogP) is 1.22. The molecule has 2 atom stereocenters. The van der Waals surface area contributed by atoms with Gasteiger partial charge < -0.3 is 16.2 Å². The molecular formula is C14H23N3O2. The van der Waals surface area contributed by atoms with E-state index < -0.39 is 6.10 Å². The number of rotatable bonds is 5. The average molecular weight is 265 g/mol. The molecule has 0 saturated carbocycles. The van der Waals surface area contributed by atoms with Crippen LogP contribution in [-0.2, 0) is 4.79 Å². The second kappa shape index (κ2) is 6.54. The van der Waals surface area contributed by atoms with Gasteiger partial charge in [-0.2, -0.15) is 0 Å². The number of hydrogen-bond donors (Lipinski definition) is 3. The Balaban J connectivity index is 2.71. The van der Waals surface area contributed by atoms with E-state index in [4.69, 9.17) is 5.73 Å². The number of aryl methyl sites for hydroxylation is 1. The largest absolute Gasteiger partial charge is 0.399 e. The van der Waals surface area contributed by atoms with E-state index >= 15 is 0 Å². The van der Waals surface area contributed by atoms with Crippen molar-refractivity contribution in [2.24, 2.45) is 0 Å². The average Bonchev–Trinajstić information content (AvgIpc) is 2.31. The van der Waals surface area contributed by atoms with Crippen molar-refractivity contribution in [2.45, 2.75) is 32.9 Å². The van der Waals surface area contributed by atoms with Gasteiger partial charge in [-0.1, -0.05) is 6.07 Å². The number of hydrogen-bond acceptors (Lipinski definition) is 4. The highest BCUT2D eigenvalue weighted by Gasteiger charge is 2.19. The van der Waals surface area contributed by atoms with Gasteiger partial charge in [-0.3, -0.25) is 9.69 Å². The molecule has 5 heteroatoms. The number of aliphatic hydroxyl groups is 1. The summed E-state index contributed by atoms with van der Waals surface area (Å²) in [5.41, 5.74) is 8.02. The number of likely N-dealkylation sites (N-methyl/N-ethyl adjacent to an activating group) is 1. The van der Waals surface area contributed by atoms with Gasteiger partial charge in [0.1, 0.15) is 0 Å². The summed E-state index contributed by atoms with van der Waals surface area (Å²) >= 11 is 0. The van der Waals surface area contributed by atoms with E-state index in [9.17, 15) is 9.90 Å². The second-order valence-corrected chi connectivity index (χ2v) is 5.03. The van der Waals surface area contributed by atoms with Crippen LogP contribution in [0.2, 0.25) is 0 Å². The maximum absolute atomic E-state index is 12.1. The summed E-state index contributed by atoms with van der Waals surface area (Å²) in [5, 5.41) is 12.2. The minimum atomic E-state index is -0.464. The summed E-state index contributed by atoms with van der Waals surface area (Å²) in [6.07, 6.45) is -0.464. The zero-order valence-corrected chi connectivity index (χ0v) is 12.0. The van der Waals surface area contributed by atoms with Gasteiger partial charge in [0.05, 0.1) is 12.1 Å². The summed E-state index contributed by atoms with van der Waals surface area (Å²) in [5.74, 6) is -0.114. The van der Waals surface area contributed by atoms with E-state index in [0.717, 1.165) is 11.3 Å². The van der Waals surface area contributed by atoms with Crippen LogP contribution in [-0.4, -0.2) is 41.7 Å². The van der Waals surface area contributed by atoms with Gasteiger partial charge in [0, 0.05) is 17.9 Å². The second-order valence-electron chi connectivity index (χ2n) is 5.03. The molecule has 0 fully saturated rings. The first-order valence-electron chi connectivity index (χ1n) is 6.36. The molecule has 0 aliphatic heterocycles. The topological polar surface area (TPSA) is 78.6 Å². The highest BCUT2D eigenvalue weighted by atomic mass is 16.3. The maximum atomic E-state index is 12.1. The Kier molecular flexibility index (Phi) is 5.32. The van der Waals surface area contributed by atoms with E-state index in [0.29, 0.717) is 12.2 Å². The monoisotopic (exact) mass is 265 g/mol. The van der Waals surface area contributed by atoms with E-state index in [1.54, 1.807) is 26.0 Å². The molecule has 1 amide bonds. The van der Waals surface area contributed by atoms with Crippen molar-refractivity contribution in [1.82, 2.24) is 4.90 Å². The maximum Gasteiger partial charge on any atom is 0.241 e. The Bertz CT molecular complexity index is 446. The van der Waals surface area contributed by atoms with Crippen LogP contribution in [0.4, 0.5) is 11.4 Å². The summed E-state index contributed by atoms with van der Waals surface area (Å²) < 4.78 is 0. The standard InChI is InChI=1S/C14H23N3O2/c1-9-5-6-12(15)7-13(9)16-14(19)11(3)17(4)8-10(2)18/h5-7,10-11,18H,8,15H2,1-4H3,(H,16,19). The van der Waals surface area contributed by atoms with Crippen LogP contribution in [0, 0.1) is 6.92 Å². The first-order valence-corrected chi connectivity index (χ1v) is 6.36. The number of amides is 1. The molecule has 0 aliphatic carbocycles. The van der Waals surface area contributed by atoms with Crippen molar-refractivity contribution in [3.63, 3.8) is 0 Å². The number of benzene rings is 1. The number of nitrogens with two attached hydrogens (primary N) is 1. The van der Waals surface area contributed by atoms with Crippen molar-refractivity contribution < 1.29 is 9.90 Å². The predicted molar refractivity (Wildman–Crippen MR) is 78.0 cm³/mol. The van der Waals surface area contributed by atoms with Gasteiger partial charge in [0.15, 0.2) is 0 Å². The van der Waals surface area contributed by atoms with Crippen molar-refractivity contribution >= 4 is 17.3 Å². The molecule has 0 spiro atoms. The first kappa shape index (κ1) is 15.5. The zero-order chi connectivity index (χ0) is 14.6. The number of anilines is 2. The van der Waals surface area contributed by atoms with Crippen LogP contribution < -0.4 is 11.1 Å². The quantitative estimate of drug-likeness (QED) is 0.699. The summed E-state index contributed by atoms with van der Waals surface area (Å²) in [6, 6.07) is 5.09. The molecule has 0 radical (unpaired) electrons. The fourth-order valence-corrected chi connectivity index (χ4v) is 1.79. The minimum absolute atomic E-state index is 0.114. The highest BCUT2D eigenvalue weighted by Crippen LogP contribution is 2.18. The molecule has 0 saturated heterocycles. The number of nitrogens with zero attached hydrogens (tertiary/aromatic N) is 1. The summed E-state index contributed by atoms with van der Waals surface area (Å²) in [4.78, 5) is 13.9. The zero-order valence-electron chi connectivity index (χ0n) is 12.0. The molecule has 0 aliphatic rings. The lowest BCUT2D eigenvalue weighted by Crippen LogP contribution is -2.42. The van der Waals surface area contributed by atoms with E-state index in [1.165, 1.54) is 0 Å². The Morgan fingerprint density at radius 1 is 1.47 bits per heavy atom. The molecule has 1 aromatic carbocycles. The van der Waals surface area contributed by atoms with Crippen LogP contribution in [0.25, 0.3) is 0 Å². The molecule has 5 nitrogen and oxygen atoms in total. The van der Waals surface area contributed by atoms with Crippen LogP contribution in [0.15, 0.2) is 18.2 Å². The normalized spacial score (nSPS) is 14.2. The molecule has 106 valence electrons. The van der Waals surface area contributed by atoms with Crippen LogP contribution in [0.3, 0.4) is 0 Å². The molecule has 0 heterocycles. The van der Waals surface area contributed by atoms with Gasteiger partial charge >= 0.3 is 0 Å². The summed E-state index contributed by atoms with van der Waals surface area (Å²) in [7, 11) is 1.81. The van der Waals surface area contributed by atoms with Crippen LogP contribution in [0.5, 0.6) is 0 Å². The fraction of sp³-hybridized carbons (Fsp3) is 0.500. The molecule has 4 N–H and O–H groups in total. The smallest absolute Gasteiger partial charge is 0.241 e. The molecule has 0 aromatic heterocycles. The third kappa shape index (κ3) is 4.54. The van der Waals surface area contributed by atoms with E-state index in [1.807, 2.05) is 24.9 Å². The fourth-order valence-electron chi connectivity index (χ4n) is 1.79. The van der Waals surface area contributed by atoms with Crippen molar-refractivity contribution in [1.29, 1.82) is 0 Å². The Morgan fingerprint density at radius 2 is 2.11 bits per heavy atom. The van der Waals surface area contributed by atoms with Gasteiger partial charge in [0.2, 0.25) is 5.91 Å². The Labute approximate surface area is 114 Å². The Morgan fingerprint density at radius 3 is 2.68 bits per heavy atom. The van der Waals surface area contributed by atoms with Gasteiger partial charge in [-0.05, 0) is 45.5 Å². The number of aliphatic hydroxyl groups excluding tert-OH is 1. The van der Waals surface area contributed by atoms with Crippen LogP contribution in [0.1, 0.15) is 19.4 Å². The lowest BCUT2D eigenvalue weighted by atomic mass is 10.1. The molecule has 1 rings (SSSR count). The van der Waals surface area contributed by atoms with E-state index in [-0.39, 0.29) is 11.9 Å². The molecule has 0 bridgehead atoms. The van der Waals surface area contributed by atoms with Crippen molar-refractivity contribution in [3.8, 4) is 0 Å². The number of carbonyl (C=O) groups is 1. The van der Waals surface area contributed by atoms with Gasteiger partial charge in [0.25, 0.3) is 0 Å². The third-order valence-electron chi connectivity index (χ3n) is 3.11. The Hall–Kier alpha value is -1.59. The lowest BCUT2D eigenvalue weighted by Gasteiger charge is -2.25. The number of carbonyl (C=O) groups excluding carboxylic acids is 1. The third-order valence-corrected chi connectivity index (χ3v) is 3.11. The summed E-state index contributed by atoms with van der Waals surface area (Å²) in [6.45, 7) is 5.87. The van der Waals surface area contributed by atoms with Gasteiger partial charge in [-0.15, -0.1) is 0 Å². The van der Waals surface area contributed by atoms with Crippen LogP contribution >= 0.6 is 0 Å². The van der Waals surface area contributed by atoms with Crippen molar-refractivity contribution in [2.75, 3.05) is 24.6 Å². The molecule has 2 unspecified atom stereocenters. The molecule has 19 heavy (non-hydrogen) atoms. The number of nitrogens with one attached hydrogen (secondary N) is 1. The SMILES string of the molecule is Cc1ccc(N)cc1NC(=O)C(C)N(C)CC(C)O. The molecule has 1 aromatic rings. The van der Waals surface area contributed by atoms with E-state index in [2.05, 4.69) is 5.32 Å². The minimum Gasteiger partial charge on any atom is -0.399 e. The van der Waals surface area contributed by atoms with Gasteiger partial charge in [-0.25, -0.2) is 0 Å². The first-order chi connectivity index (χ1) is 8.81. The highest BCUT2D eigenvalue weighted by molar-refractivity contribution is 5.95.